The van der Waals surface area contributed by atoms with Crippen molar-refractivity contribution in [3.8, 4) is 0 Å². The number of nitrogens with two attached hydrogens (primary N) is 1. The highest BCUT2D eigenvalue weighted by molar-refractivity contribution is 5.77. The Morgan fingerprint density at radius 1 is 1.43 bits per heavy atom. The van der Waals surface area contributed by atoms with Crippen LogP contribution in [0, 0.1) is 17.6 Å². The third kappa shape index (κ3) is 4.24. The van der Waals surface area contributed by atoms with E-state index in [9.17, 15) is 13.6 Å². The van der Waals surface area contributed by atoms with Crippen LogP contribution in [0.2, 0.25) is 0 Å². The lowest BCUT2D eigenvalue weighted by Crippen LogP contribution is -2.35. The minimum absolute atomic E-state index is 0.0125. The number of halogens is 2. The Bertz CT molecular complexity index is 499. The molecule has 1 aliphatic carbocycles. The van der Waals surface area contributed by atoms with Crippen molar-refractivity contribution < 1.29 is 13.6 Å². The number of nitrogens with zero attached hydrogens (tertiary/aromatic N) is 1. The first kappa shape index (κ1) is 15.9. The highest BCUT2D eigenvalue weighted by atomic mass is 19.1. The molecule has 0 radical (unpaired) electrons. The van der Waals surface area contributed by atoms with E-state index in [4.69, 9.17) is 5.73 Å². The summed E-state index contributed by atoms with van der Waals surface area (Å²) >= 11 is 0. The van der Waals surface area contributed by atoms with Gasteiger partial charge in [0, 0.05) is 30.6 Å². The van der Waals surface area contributed by atoms with Gasteiger partial charge in [-0.3, -0.25) is 4.79 Å². The Labute approximate surface area is 124 Å². The van der Waals surface area contributed by atoms with E-state index in [2.05, 4.69) is 0 Å². The van der Waals surface area contributed by atoms with Crippen LogP contribution in [0.25, 0.3) is 0 Å². The van der Waals surface area contributed by atoms with E-state index in [1.54, 1.807) is 4.90 Å². The van der Waals surface area contributed by atoms with Crippen LogP contribution < -0.4 is 5.73 Å². The van der Waals surface area contributed by atoms with Gasteiger partial charge in [0.1, 0.15) is 11.6 Å². The first-order valence-corrected chi connectivity index (χ1v) is 7.48. The van der Waals surface area contributed by atoms with Gasteiger partial charge >= 0.3 is 0 Å². The lowest BCUT2D eigenvalue weighted by Gasteiger charge is -2.25. The first-order chi connectivity index (χ1) is 10.0. The van der Waals surface area contributed by atoms with Crippen molar-refractivity contribution in [1.29, 1.82) is 0 Å². The molecule has 1 aromatic rings. The lowest BCUT2D eigenvalue weighted by molar-refractivity contribution is -0.133. The van der Waals surface area contributed by atoms with E-state index in [1.165, 1.54) is 12.1 Å². The zero-order valence-corrected chi connectivity index (χ0v) is 12.3. The molecule has 0 heterocycles. The molecule has 1 atom stereocenters. The standard InChI is InChI=1S/C16H22F2N2O/c1-2-11(9-19)7-16(21)20(14-5-6-14)10-12-3-4-13(17)8-15(12)18/h3-4,8,11,14H,2,5-7,9-10,19H2,1H3. The van der Waals surface area contributed by atoms with Gasteiger partial charge in [0.15, 0.2) is 0 Å². The molecule has 1 saturated carbocycles. The fourth-order valence-corrected chi connectivity index (χ4v) is 2.40. The van der Waals surface area contributed by atoms with Crippen LogP contribution in [-0.4, -0.2) is 23.4 Å². The Hall–Kier alpha value is -1.49. The number of carbonyl (C=O) groups excluding carboxylic acids is 1. The first-order valence-electron chi connectivity index (χ1n) is 7.48. The largest absolute Gasteiger partial charge is 0.335 e. The fourth-order valence-electron chi connectivity index (χ4n) is 2.40. The van der Waals surface area contributed by atoms with Crippen molar-refractivity contribution >= 4 is 5.91 Å². The quantitative estimate of drug-likeness (QED) is 0.841. The summed E-state index contributed by atoms with van der Waals surface area (Å²) in [5, 5.41) is 0. The Morgan fingerprint density at radius 3 is 2.67 bits per heavy atom. The molecule has 116 valence electrons. The molecule has 1 aliphatic rings. The van der Waals surface area contributed by atoms with Gasteiger partial charge in [-0.2, -0.15) is 0 Å². The third-order valence-electron chi connectivity index (χ3n) is 4.04. The number of hydrogen-bond acceptors (Lipinski definition) is 2. The zero-order chi connectivity index (χ0) is 15.4. The number of rotatable bonds is 7. The van der Waals surface area contributed by atoms with Gasteiger partial charge in [-0.1, -0.05) is 19.4 Å². The maximum atomic E-state index is 13.8. The zero-order valence-electron chi connectivity index (χ0n) is 12.3. The summed E-state index contributed by atoms with van der Waals surface area (Å²) in [7, 11) is 0. The van der Waals surface area contributed by atoms with Gasteiger partial charge in [-0.05, 0) is 31.4 Å². The van der Waals surface area contributed by atoms with E-state index < -0.39 is 11.6 Å². The molecule has 0 aromatic heterocycles. The van der Waals surface area contributed by atoms with Gasteiger partial charge in [0.05, 0.1) is 0 Å². The second-order valence-electron chi connectivity index (χ2n) is 5.70. The highest BCUT2D eigenvalue weighted by Crippen LogP contribution is 2.30. The molecular weight excluding hydrogens is 274 g/mol. The summed E-state index contributed by atoms with van der Waals surface area (Å²) in [4.78, 5) is 14.1. The van der Waals surface area contributed by atoms with Gasteiger partial charge in [-0.25, -0.2) is 8.78 Å². The molecule has 3 nitrogen and oxygen atoms in total. The maximum absolute atomic E-state index is 13.8. The molecule has 5 heteroatoms. The van der Waals surface area contributed by atoms with E-state index in [1.807, 2.05) is 6.92 Å². The SMILES string of the molecule is CCC(CN)CC(=O)N(Cc1ccc(F)cc1F)C1CC1. The number of carbonyl (C=O) groups is 1. The second kappa shape index (κ2) is 6.98. The van der Waals surface area contributed by atoms with Gasteiger partial charge in [-0.15, -0.1) is 0 Å². The molecule has 1 unspecified atom stereocenters. The van der Waals surface area contributed by atoms with Crippen molar-refractivity contribution in [3.63, 3.8) is 0 Å². The molecular formula is C16H22F2N2O. The molecule has 0 spiro atoms. The van der Waals surface area contributed by atoms with Crippen LogP contribution in [0.15, 0.2) is 18.2 Å². The number of benzene rings is 1. The molecule has 1 fully saturated rings. The predicted octanol–water partition coefficient (Wildman–Crippen LogP) is 2.83. The predicted molar refractivity (Wildman–Crippen MR) is 77.4 cm³/mol. The molecule has 1 aromatic carbocycles. The summed E-state index contributed by atoms with van der Waals surface area (Å²) in [5.41, 5.74) is 6.00. The smallest absolute Gasteiger partial charge is 0.223 e. The third-order valence-corrected chi connectivity index (χ3v) is 4.04. The van der Waals surface area contributed by atoms with E-state index >= 15 is 0 Å². The molecule has 0 saturated heterocycles. The number of hydrogen-bond donors (Lipinski definition) is 1. The van der Waals surface area contributed by atoms with E-state index in [0.717, 1.165) is 25.3 Å². The van der Waals surface area contributed by atoms with Crippen LogP contribution in [0.3, 0.4) is 0 Å². The summed E-state index contributed by atoms with van der Waals surface area (Å²) in [6.45, 7) is 2.69. The minimum atomic E-state index is -0.602. The average molecular weight is 296 g/mol. The van der Waals surface area contributed by atoms with E-state index in [-0.39, 0.29) is 24.4 Å². The van der Waals surface area contributed by atoms with Gasteiger partial charge < -0.3 is 10.6 Å². The molecule has 0 bridgehead atoms. The normalized spacial score (nSPS) is 15.8. The number of amides is 1. The lowest BCUT2D eigenvalue weighted by atomic mass is 10.0. The van der Waals surface area contributed by atoms with Crippen LogP contribution in [0.5, 0.6) is 0 Å². The summed E-state index contributed by atoms with van der Waals surface area (Å²) in [6, 6.07) is 3.69. The summed E-state index contributed by atoms with van der Waals surface area (Å²) in [6.07, 6.45) is 3.15. The summed E-state index contributed by atoms with van der Waals surface area (Å²) < 4.78 is 26.7. The fraction of sp³-hybridized carbons (Fsp3) is 0.562. The molecule has 2 N–H and O–H groups in total. The van der Waals surface area contributed by atoms with Crippen molar-refractivity contribution in [2.45, 2.75) is 45.2 Å². The van der Waals surface area contributed by atoms with Crippen LogP contribution >= 0.6 is 0 Å². The monoisotopic (exact) mass is 296 g/mol. The van der Waals surface area contributed by atoms with Crippen molar-refractivity contribution in [3.05, 3.63) is 35.4 Å². The van der Waals surface area contributed by atoms with Crippen LogP contribution in [0.4, 0.5) is 8.78 Å². The van der Waals surface area contributed by atoms with Crippen LogP contribution in [-0.2, 0) is 11.3 Å². The Morgan fingerprint density at radius 2 is 2.14 bits per heavy atom. The average Bonchev–Trinajstić information content (AvgIpc) is 3.28. The molecule has 0 aliphatic heterocycles. The van der Waals surface area contributed by atoms with Crippen molar-refractivity contribution in [2.24, 2.45) is 11.7 Å². The Balaban J connectivity index is 2.07. The highest BCUT2D eigenvalue weighted by Gasteiger charge is 2.33. The van der Waals surface area contributed by atoms with E-state index in [0.29, 0.717) is 18.5 Å². The maximum Gasteiger partial charge on any atom is 0.223 e. The minimum Gasteiger partial charge on any atom is -0.335 e. The molecule has 2 rings (SSSR count). The second-order valence-corrected chi connectivity index (χ2v) is 5.70. The van der Waals surface area contributed by atoms with Crippen LogP contribution in [0.1, 0.15) is 38.2 Å². The Kier molecular flexibility index (Phi) is 5.28. The molecule has 21 heavy (non-hydrogen) atoms. The van der Waals surface area contributed by atoms with Gasteiger partial charge in [0.2, 0.25) is 5.91 Å². The topological polar surface area (TPSA) is 46.3 Å². The van der Waals surface area contributed by atoms with Crippen molar-refractivity contribution in [2.75, 3.05) is 6.54 Å². The molecule has 1 amide bonds. The van der Waals surface area contributed by atoms with Crippen molar-refractivity contribution in [1.82, 2.24) is 4.90 Å². The summed E-state index contributed by atoms with van der Waals surface area (Å²) in [5.74, 6) is -1.02. The van der Waals surface area contributed by atoms with Gasteiger partial charge in [0.25, 0.3) is 0 Å².